The molecule has 0 saturated heterocycles. The lowest BCUT2D eigenvalue weighted by atomic mass is 10.5. The van der Waals surface area contributed by atoms with E-state index in [-0.39, 0.29) is 28.5 Å². The molecular weight excluding hydrogens is 180 g/mol. The third-order valence-corrected chi connectivity index (χ3v) is 1.17. The van der Waals surface area contributed by atoms with Crippen LogP contribution in [0.5, 0.6) is 0 Å². The normalized spacial score (nSPS) is 13.8. The zero-order chi connectivity index (χ0) is 9.30. The van der Waals surface area contributed by atoms with E-state index >= 15 is 0 Å². The van der Waals surface area contributed by atoms with Crippen LogP contribution in [0.15, 0.2) is 22.7 Å². The number of nitrogens with zero attached hydrogens (tertiary/aromatic N) is 1. The minimum absolute atomic E-state index is 0.000347. The lowest BCUT2D eigenvalue weighted by Gasteiger charge is -1.95. The van der Waals surface area contributed by atoms with Crippen molar-refractivity contribution in [3.63, 3.8) is 0 Å². The van der Waals surface area contributed by atoms with Gasteiger partial charge in [-0.3, -0.25) is 0 Å². The Hall–Kier alpha value is -0.570. The molecule has 0 aliphatic heterocycles. The maximum atomic E-state index is 7.41. The molecule has 1 rings (SSSR count). The molecule has 1 heterocycles. The molecule has 0 atom stereocenters. The van der Waals surface area contributed by atoms with Crippen LogP contribution in [0.3, 0.4) is 0 Å². The number of anilines is 1. The number of nitrogens with one attached hydrogen (secondary N) is 1. The molecule has 0 aliphatic carbocycles. The van der Waals surface area contributed by atoms with Gasteiger partial charge >= 0.3 is 0 Å². The zero-order valence-electron chi connectivity index (χ0n) is 7.83. The Bertz CT molecular complexity index is 316. The smallest absolute Gasteiger partial charge is 0.125 e. The van der Waals surface area contributed by atoms with Gasteiger partial charge in [0.2, 0.25) is 0 Å². The molecule has 0 unspecified atom stereocenters. The van der Waals surface area contributed by atoms with E-state index in [2.05, 4.69) is 26.2 Å². The predicted octanol–water partition coefficient (Wildman–Crippen LogP) is 1.89. The van der Waals surface area contributed by atoms with Crippen molar-refractivity contribution in [2.24, 2.45) is 0 Å². The Balaban J connectivity index is 3.39. The SMILES string of the molecule is [2H]c1nc(NC)c([2H])c([2H])c1Br. The van der Waals surface area contributed by atoms with Gasteiger partial charge in [-0.2, -0.15) is 0 Å². The van der Waals surface area contributed by atoms with Gasteiger partial charge < -0.3 is 5.32 Å². The first kappa shape index (κ1) is 3.56. The summed E-state index contributed by atoms with van der Waals surface area (Å²) in [6, 6.07) is -0.0141. The molecule has 0 amide bonds. The van der Waals surface area contributed by atoms with Crippen LogP contribution in [0.4, 0.5) is 5.82 Å². The molecule has 0 aromatic carbocycles. The highest BCUT2D eigenvalue weighted by molar-refractivity contribution is 9.10. The highest BCUT2D eigenvalue weighted by atomic mass is 79.9. The molecule has 1 aromatic heterocycles. The highest BCUT2D eigenvalue weighted by Crippen LogP contribution is 2.09. The number of pyridine rings is 1. The van der Waals surface area contributed by atoms with Crippen molar-refractivity contribution in [3.8, 4) is 0 Å². The average molecular weight is 190 g/mol. The molecule has 0 spiro atoms. The van der Waals surface area contributed by atoms with Gasteiger partial charge in [0.25, 0.3) is 0 Å². The summed E-state index contributed by atoms with van der Waals surface area (Å²) in [6.45, 7) is 0. The Morgan fingerprint density at radius 1 is 1.78 bits per heavy atom. The van der Waals surface area contributed by atoms with Gasteiger partial charge in [0.1, 0.15) is 5.82 Å². The number of aromatic nitrogens is 1. The highest BCUT2D eigenvalue weighted by Gasteiger charge is 1.86. The number of hydrogen-bond donors (Lipinski definition) is 1. The summed E-state index contributed by atoms with van der Waals surface area (Å²) in [5.41, 5.74) is 0. The van der Waals surface area contributed by atoms with Gasteiger partial charge in [0.05, 0.1) is 4.11 Å². The minimum Gasteiger partial charge on any atom is -0.373 e. The third kappa shape index (κ3) is 1.68. The van der Waals surface area contributed by atoms with Gasteiger partial charge in [-0.05, 0) is 28.0 Å². The molecule has 48 valence electrons. The van der Waals surface area contributed by atoms with Gasteiger partial charge in [-0.1, -0.05) is 0 Å². The number of rotatable bonds is 1. The van der Waals surface area contributed by atoms with Crippen LogP contribution in [-0.4, -0.2) is 12.0 Å². The molecule has 1 N–H and O–H groups in total. The van der Waals surface area contributed by atoms with Crippen LogP contribution >= 0.6 is 15.9 Å². The van der Waals surface area contributed by atoms with Crippen LogP contribution in [0.1, 0.15) is 4.11 Å². The maximum Gasteiger partial charge on any atom is 0.125 e. The van der Waals surface area contributed by atoms with Crippen molar-refractivity contribution in [1.82, 2.24) is 4.98 Å². The van der Waals surface area contributed by atoms with Crippen molar-refractivity contribution in [2.45, 2.75) is 0 Å². The number of hydrogen-bond acceptors (Lipinski definition) is 2. The minimum atomic E-state index is -0.0275. The Labute approximate surface area is 66.6 Å². The fraction of sp³-hybridized carbons (Fsp3) is 0.167. The third-order valence-electron chi connectivity index (χ3n) is 0.793. The van der Waals surface area contributed by atoms with Crippen LogP contribution in [-0.2, 0) is 0 Å². The lowest BCUT2D eigenvalue weighted by Crippen LogP contribution is -1.89. The van der Waals surface area contributed by atoms with Crippen LogP contribution in [0.25, 0.3) is 0 Å². The summed E-state index contributed by atoms with van der Waals surface area (Å²) in [5.74, 6) is 0.258. The molecule has 0 fully saturated rings. The molecule has 1 aromatic rings. The first-order valence-corrected chi connectivity index (χ1v) is 3.18. The average Bonchev–Trinajstić information content (AvgIpc) is 2.08. The molecule has 9 heavy (non-hydrogen) atoms. The van der Waals surface area contributed by atoms with E-state index in [0.29, 0.717) is 0 Å². The summed E-state index contributed by atoms with van der Waals surface area (Å²) in [4.78, 5) is 3.75. The zero-order valence-corrected chi connectivity index (χ0v) is 6.41. The van der Waals surface area contributed by atoms with E-state index in [9.17, 15) is 0 Å². The monoisotopic (exact) mass is 189 g/mol. The molecule has 0 bridgehead atoms. The van der Waals surface area contributed by atoms with Crippen molar-refractivity contribution in [3.05, 3.63) is 22.7 Å². The fourth-order valence-corrected chi connectivity index (χ4v) is 0.581. The first-order chi connectivity index (χ1) is 5.57. The largest absolute Gasteiger partial charge is 0.373 e. The van der Waals surface area contributed by atoms with E-state index < -0.39 is 0 Å². The van der Waals surface area contributed by atoms with Crippen LogP contribution in [0, 0.1) is 0 Å². The standard InChI is InChI=1S/C6H7BrN2/c1-8-6-3-2-5(7)4-9-6/h2-4H,1H3,(H,8,9)/i2D,3D,4D. The summed E-state index contributed by atoms with van der Waals surface area (Å²) < 4.78 is 22.4. The van der Waals surface area contributed by atoms with Crippen molar-refractivity contribution in [2.75, 3.05) is 12.4 Å². The van der Waals surface area contributed by atoms with E-state index in [1.165, 1.54) is 0 Å². The second-order valence-corrected chi connectivity index (χ2v) is 2.18. The molecule has 3 heteroatoms. The summed E-state index contributed by atoms with van der Waals surface area (Å²) in [5, 5.41) is 2.64. The maximum absolute atomic E-state index is 7.41. The van der Waals surface area contributed by atoms with Gasteiger partial charge in [0.15, 0.2) is 0 Å². The molecule has 0 saturated carbocycles. The Kier molecular flexibility index (Phi) is 1.12. The summed E-state index contributed by atoms with van der Waals surface area (Å²) in [7, 11) is 1.60. The van der Waals surface area contributed by atoms with E-state index in [1.54, 1.807) is 7.05 Å². The van der Waals surface area contributed by atoms with E-state index in [1.807, 2.05) is 0 Å². The van der Waals surface area contributed by atoms with Gasteiger partial charge in [-0.15, -0.1) is 0 Å². The quantitative estimate of drug-likeness (QED) is 0.731. The van der Waals surface area contributed by atoms with Crippen LogP contribution in [0.2, 0.25) is 0 Å². The molecule has 0 radical (unpaired) electrons. The van der Waals surface area contributed by atoms with Crippen molar-refractivity contribution in [1.29, 1.82) is 0 Å². The van der Waals surface area contributed by atoms with Gasteiger partial charge in [0, 0.05) is 17.7 Å². The second-order valence-electron chi connectivity index (χ2n) is 1.39. The first-order valence-electron chi connectivity index (χ1n) is 3.89. The Morgan fingerprint density at radius 2 is 2.56 bits per heavy atom. The molecular formula is C6H7BrN2. The van der Waals surface area contributed by atoms with E-state index in [4.69, 9.17) is 4.11 Å². The summed E-state index contributed by atoms with van der Waals surface area (Å²) >= 11 is 3.01. The van der Waals surface area contributed by atoms with Crippen molar-refractivity contribution >= 4 is 21.7 Å². The Morgan fingerprint density at radius 3 is 3.22 bits per heavy atom. The fourth-order valence-electron chi connectivity index (χ4n) is 0.393. The molecule has 0 aliphatic rings. The lowest BCUT2D eigenvalue weighted by molar-refractivity contribution is 1.27. The second kappa shape index (κ2) is 2.82. The van der Waals surface area contributed by atoms with Gasteiger partial charge in [-0.25, -0.2) is 4.98 Å². The number of halogens is 1. The van der Waals surface area contributed by atoms with E-state index in [0.717, 1.165) is 0 Å². The molecule has 2 nitrogen and oxygen atoms in total. The van der Waals surface area contributed by atoms with Crippen molar-refractivity contribution < 1.29 is 4.11 Å². The van der Waals surface area contributed by atoms with Crippen LogP contribution < -0.4 is 5.32 Å². The summed E-state index contributed by atoms with van der Waals surface area (Å²) in [6.07, 6.45) is -0.0275. The topological polar surface area (TPSA) is 24.9 Å². The predicted molar refractivity (Wildman–Crippen MR) is 41.5 cm³/mol.